The molecule has 0 saturated heterocycles. The summed E-state index contributed by atoms with van der Waals surface area (Å²) in [7, 11) is 0. The number of halogens is 2. The van der Waals surface area contributed by atoms with Gasteiger partial charge in [-0.2, -0.15) is 4.39 Å². The first-order valence-corrected chi connectivity index (χ1v) is 4.93. The van der Waals surface area contributed by atoms with Crippen molar-refractivity contribution in [3.8, 4) is 11.1 Å². The Balaban J connectivity index is 2.54. The standard InChI is InChI=1S/C12H8F2N2O2/c13-8-3-7(4-9(15)11(8)12(17)18)6-1-2-10(14)16-5-6/h1-5H,15H2,(H,17,18). The molecule has 2 rings (SSSR count). The van der Waals surface area contributed by atoms with Crippen LogP contribution in [0.4, 0.5) is 14.5 Å². The van der Waals surface area contributed by atoms with Gasteiger partial charge < -0.3 is 10.8 Å². The first-order chi connectivity index (χ1) is 8.49. The Bertz CT molecular complexity index is 589. The number of anilines is 1. The number of carbonyl (C=O) groups is 1. The lowest BCUT2D eigenvalue weighted by Crippen LogP contribution is -2.06. The van der Waals surface area contributed by atoms with Crippen LogP contribution >= 0.6 is 0 Å². The van der Waals surface area contributed by atoms with Crippen LogP contribution in [0.15, 0.2) is 30.5 Å². The molecule has 0 bridgehead atoms. The molecular weight excluding hydrogens is 242 g/mol. The number of nitrogens with zero attached hydrogens (tertiary/aromatic N) is 1. The van der Waals surface area contributed by atoms with Crippen LogP contribution in [0.2, 0.25) is 0 Å². The molecule has 1 aromatic heterocycles. The zero-order valence-electron chi connectivity index (χ0n) is 9.02. The second-order valence-electron chi connectivity index (χ2n) is 3.60. The van der Waals surface area contributed by atoms with Gasteiger partial charge in [-0.1, -0.05) is 0 Å². The number of aromatic carboxylic acids is 1. The van der Waals surface area contributed by atoms with E-state index in [1.54, 1.807) is 0 Å². The lowest BCUT2D eigenvalue weighted by atomic mass is 10.0. The summed E-state index contributed by atoms with van der Waals surface area (Å²) in [6.07, 6.45) is 1.21. The van der Waals surface area contributed by atoms with Crippen LogP contribution in [0.3, 0.4) is 0 Å². The van der Waals surface area contributed by atoms with E-state index in [2.05, 4.69) is 4.98 Å². The molecular formula is C12H8F2N2O2. The summed E-state index contributed by atoms with van der Waals surface area (Å²) in [4.78, 5) is 14.2. The van der Waals surface area contributed by atoms with E-state index < -0.39 is 23.3 Å². The highest BCUT2D eigenvalue weighted by Gasteiger charge is 2.16. The molecule has 0 aliphatic carbocycles. The number of hydrogen-bond acceptors (Lipinski definition) is 3. The van der Waals surface area contributed by atoms with Crippen molar-refractivity contribution in [3.63, 3.8) is 0 Å². The molecule has 0 radical (unpaired) electrons. The average molecular weight is 250 g/mol. The van der Waals surface area contributed by atoms with Gasteiger partial charge in [0.2, 0.25) is 5.95 Å². The molecule has 0 fully saturated rings. The monoisotopic (exact) mass is 250 g/mol. The van der Waals surface area contributed by atoms with Gasteiger partial charge in [0.1, 0.15) is 11.4 Å². The first-order valence-electron chi connectivity index (χ1n) is 4.93. The summed E-state index contributed by atoms with van der Waals surface area (Å²) >= 11 is 0. The molecule has 0 atom stereocenters. The zero-order chi connectivity index (χ0) is 13.3. The summed E-state index contributed by atoms with van der Waals surface area (Å²) in [6, 6.07) is 4.85. The van der Waals surface area contributed by atoms with Crippen molar-refractivity contribution in [3.05, 3.63) is 47.8 Å². The molecule has 6 heteroatoms. The number of carboxylic acid groups (broad SMARTS) is 1. The van der Waals surface area contributed by atoms with Gasteiger partial charge in [-0.15, -0.1) is 0 Å². The molecule has 0 aliphatic heterocycles. The minimum absolute atomic E-state index is 0.193. The number of carboxylic acids is 1. The van der Waals surface area contributed by atoms with Crippen molar-refractivity contribution in [1.29, 1.82) is 0 Å². The van der Waals surface area contributed by atoms with Crippen LogP contribution in [-0.4, -0.2) is 16.1 Å². The van der Waals surface area contributed by atoms with Crippen LogP contribution in [-0.2, 0) is 0 Å². The zero-order valence-corrected chi connectivity index (χ0v) is 9.02. The van der Waals surface area contributed by atoms with E-state index in [0.29, 0.717) is 11.1 Å². The second kappa shape index (κ2) is 4.40. The largest absolute Gasteiger partial charge is 0.478 e. The molecule has 4 nitrogen and oxygen atoms in total. The number of nitrogens with two attached hydrogens (primary N) is 1. The minimum atomic E-state index is -1.44. The highest BCUT2D eigenvalue weighted by atomic mass is 19.1. The van der Waals surface area contributed by atoms with E-state index in [9.17, 15) is 13.6 Å². The van der Waals surface area contributed by atoms with E-state index in [4.69, 9.17) is 10.8 Å². The van der Waals surface area contributed by atoms with Crippen molar-refractivity contribution < 1.29 is 18.7 Å². The molecule has 0 amide bonds. The quantitative estimate of drug-likeness (QED) is 0.633. The van der Waals surface area contributed by atoms with E-state index in [0.717, 1.165) is 12.1 Å². The number of nitrogen functional groups attached to an aromatic ring is 1. The van der Waals surface area contributed by atoms with Gasteiger partial charge in [-0.25, -0.2) is 14.2 Å². The molecule has 18 heavy (non-hydrogen) atoms. The van der Waals surface area contributed by atoms with Gasteiger partial charge in [0.05, 0.1) is 0 Å². The fraction of sp³-hybridized carbons (Fsp3) is 0. The van der Waals surface area contributed by atoms with E-state index in [1.807, 2.05) is 0 Å². The number of rotatable bonds is 2. The summed E-state index contributed by atoms with van der Waals surface area (Å²) in [5.74, 6) is -3.04. The summed E-state index contributed by atoms with van der Waals surface area (Å²) in [5, 5.41) is 8.76. The Hall–Kier alpha value is -2.50. The fourth-order valence-corrected chi connectivity index (χ4v) is 1.57. The fourth-order valence-electron chi connectivity index (χ4n) is 1.57. The maximum absolute atomic E-state index is 13.6. The summed E-state index contributed by atoms with van der Waals surface area (Å²) in [6.45, 7) is 0. The Morgan fingerprint density at radius 2 is 1.94 bits per heavy atom. The topological polar surface area (TPSA) is 76.2 Å². The Labute approximate surface area is 101 Å². The van der Waals surface area contributed by atoms with Crippen molar-refractivity contribution >= 4 is 11.7 Å². The van der Waals surface area contributed by atoms with Crippen LogP contribution in [0.25, 0.3) is 11.1 Å². The van der Waals surface area contributed by atoms with Gasteiger partial charge >= 0.3 is 5.97 Å². The normalized spacial score (nSPS) is 10.3. The van der Waals surface area contributed by atoms with Crippen LogP contribution in [0, 0.1) is 11.8 Å². The van der Waals surface area contributed by atoms with Gasteiger partial charge in [-0.3, -0.25) is 0 Å². The number of benzene rings is 1. The lowest BCUT2D eigenvalue weighted by molar-refractivity contribution is 0.0693. The van der Waals surface area contributed by atoms with Crippen LogP contribution in [0.5, 0.6) is 0 Å². The SMILES string of the molecule is Nc1cc(-c2ccc(F)nc2)cc(F)c1C(=O)O. The van der Waals surface area contributed by atoms with E-state index in [1.165, 1.54) is 18.3 Å². The number of aromatic nitrogens is 1. The molecule has 1 heterocycles. The highest BCUT2D eigenvalue weighted by Crippen LogP contribution is 2.26. The molecule has 1 aromatic carbocycles. The Morgan fingerprint density at radius 1 is 1.22 bits per heavy atom. The first kappa shape index (κ1) is 12.0. The van der Waals surface area contributed by atoms with Gasteiger partial charge in [0, 0.05) is 17.4 Å². The molecule has 92 valence electrons. The molecule has 0 unspecified atom stereocenters. The van der Waals surface area contributed by atoms with E-state index >= 15 is 0 Å². The molecule has 2 aromatic rings. The van der Waals surface area contributed by atoms with Crippen LogP contribution < -0.4 is 5.73 Å². The number of pyridine rings is 1. The van der Waals surface area contributed by atoms with E-state index in [-0.39, 0.29) is 5.69 Å². The Kier molecular flexibility index (Phi) is 2.93. The van der Waals surface area contributed by atoms with Crippen molar-refractivity contribution in [2.24, 2.45) is 0 Å². The van der Waals surface area contributed by atoms with Crippen LogP contribution in [0.1, 0.15) is 10.4 Å². The molecule has 0 spiro atoms. The predicted octanol–water partition coefficient (Wildman–Crippen LogP) is 2.31. The third kappa shape index (κ3) is 2.13. The maximum Gasteiger partial charge on any atom is 0.340 e. The number of hydrogen-bond donors (Lipinski definition) is 2. The Morgan fingerprint density at radius 3 is 2.44 bits per heavy atom. The minimum Gasteiger partial charge on any atom is -0.478 e. The van der Waals surface area contributed by atoms with Crippen molar-refractivity contribution in [2.75, 3.05) is 5.73 Å². The van der Waals surface area contributed by atoms with Gasteiger partial charge in [-0.05, 0) is 29.8 Å². The highest BCUT2D eigenvalue weighted by molar-refractivity contribution is 5.95. The molecule has 0 aliphatic rings. The van der Waals surface area contributed by atoms with Crippen molar-refractivity contribution in [1.82, 2.24) is 4.98 Å². The summed E-state index contributed by atoms with van der Waals surface area (Å²) < 4.78 is 26.2. The molecule has 0 saturated carbocycles. The van der Waals surface area contributed by atoms with Gasteiger partial charge in [0.25, 0.3) is 0 Å². The summed E-state index contributed by atoms with van der Waals surface area (Å²) in [5.41, 5.74) is 5.49. The maximum atomic E-state index is 13.6. The average Bonchev–Trinajstić information content (AvgIpc) is 2.28. The molecule has 3 N–H and O–H groups in total. The smallest absolute Gasteiger partial charge is 0.340 e. The lowest BCUT2D eigenvalue weighted by Gasteiger charge is -2.07. The second-order valence-corrected chi connectivity index (χ2v) is 3.60. The third-order valence-electron chi connectivity index (χ3n) is 2.40. The van der Waals surface area contributed by atoms with Crippen molar-refractivity contribution in [2.45, 2.75) is 0 Å². The predicted molar refractivity (Wildman–Crippen MR) is 61.0 cm³/mol. The third-order valence-corrected chi connectivity index (χ3v) is 2.40. The van der Waals surface area contributed by atoms with Gasteiger partial charge in [0.15, 0.2) is 0 Å².